The average molecular weight is 180 g/mol. The maximum absolute atomic E-state index is 11.2. The highest BCUT2D eigenvalue weighted by atomic mass is 16.1. The van der Waals surface area contributed by atoms with Gasteiger partial charge in [0.05, 0.1) is 12.0 Å². The monoisotopic (exact) mass is 180 g/mol. The lowest BCUT2D eigenvalue weighted by atomic mass is 9.97. The van der Waals surface area contributed by atoms with Gasteiger partial charge in [0, 0.05) is 5.56 Å². The minimum atomic E-state index is 0.0506. The number of H-pyrrole nitrogens is 1. The van der Waals surface area contributed by atoms with E-state index in [4.69, 9.17) is 0 Å². The normalized spacial score (nSPS) is 14.0. The fourth-order valence-electron chi connectivity index (χ4n) is 1.53. The lowest BCUT2D eigenvalue weighted by Crippen LogP contribution is -2.19. The van der Waals surface area contributed by atoms with Crippen molar-refractivity contribution in [3.8, 4) is 0 Å². The molecule has 0 atom stereocenters. The van der Waals surface area contributed by atoms with Crippen LogP contribution in [0, 0.1) is 0 Å². The van der Waals surface area contributed by atoms with Crippen molar-refractivity contribution in [1.82, 2.24) is 9.97 Å². The molecule has 0 unspecified atom stereocenters. The van der Waals surface area contributed by atoms with Gasteiger partial charge in [0.15, 0.2) is 0 Å². The van der Waals surface area contributed by atoms with Gasteiger partial charge in [-0.25, -0.2) is 4.98 Å². The van der Waals surface area contributed by atoms with E-state index in [0.717, 1.165) is 30.5 Å². The number of fused-ring (bicyclic) bond motifs is 1. The molecule has 1 heterocycles. The van der Waals surface area contributed by atoms with Crippen molar-refractivity contribution in [3.05, 3.63) is 27.9 Å². The average Bonchev–Trinajstić information content (AvgIpc) is 2.22. The zero-order valence-corrected chi connectivity index (χ0v) is 8.26. The third kappa shape index (κ3) is 2.17. The second kappa shape index (κ2) is 4.80. The number of aryl methyl sites for hydroxylation is 1. The fourth-order valence-corrected chi connectivity index (χ4v) is 1.53. The minimum Gasteiger partial charge on any atom is -0.313 e. The van der Waals surface area contributed by atoms with Gasteiger partial charge < -0.3 is 4.98 Å². The Kier molecular flexibility index (Phi) is 3.68. The molecule has 1 aromatic rings. The van der Waals surface area contributed by atoms with Crippen LogP contribution in [-0.4, -0.2) is 9.97 Å². The highest BCUT2D eigenvalue weighted by Gasteiger charge is 2.12. The van der Waals surface area contributed by atoms with E-state index in [1.807, 2.05) is 13.8 Å². The zero-order chi connectivity index (χ0) is 9.68. The Morgan fingerprint density at radius 1 is 1.31 bits per heavy atom. The number of aromatic nitrogens is 2. The molecule has 0 radical (unpaired) electrons. The molecule has 2 rings (SSSR count). The lowest BCUT2D eigenvalue weighted by Gasteiger charge is -2.11. The van der Waals surface area contributed by atoms with E-state index in [0.29, 0.717) is 0 Å². The molecule has 0 spiro atoms. The molecule has 1 aliphatic carbocycles. The number of aromatic amines is 1. The Bertz CT molecular complexity index is 317. The van der Waals surface area contributed by atoms with E-state index in [1.165, 1.54) is 12.7 Å². The molecular formula is C10H16N2O. The third-order valence-electron chi connectivity index (χ3n) is 2.13. The summed E-state index contributed by atoms with van der Waals surface area (Å²) in [4.78, 5) is 17.9. The molecule has 1 aliphatic rings. The molecule has 13 heavy (non-hydrogen) atoms. The van der Waals surface area contributed by atoms with Crippen molar-refractivity contribution >= 4 is 0 Å². The quantitative estimate of drug-likeness (QED) is 0.660. The predicted octanol–water partition coefficient (Wildman–Crippen LogP) is 1.67. The molecule has 3 heteroatoms. The predicted molar refractivity (Wildman–Crippen MR) is 52.8 cm³/mol. The summed E-state index contributed by atoms with van der Waals surface area (Å²) in [5.74, 6) is 0. The van der Waals surface area contributed by atoms with E-state index in [1.54, 1.807) is 0 Å². The second-order valence-corrected chi connectivity index (χ2v) is 2.86. The Morgan fingerprint density at radius 2 is 2.00 bits per heavy atom. The van der Waals surface area contributed by atoms with Crippen LogP contribution in [0.25, 0.3) is 0 Å². The summed E-state index contributed by atoms with van der Waals surface area (Å²) in [7, 11) is 0. The van der Waals surface area contributed by atoms with Crippen LogP contribution >= 0.6 is 0 Å². The number of rotatable bonds is 0. The van der Waals surface area contributed by atoms with Crippen LogP contribution in [-0.2, 0) is 12.8 Å². The summed E-state index contributed by atoms with van der Waals surface area (Å²) in [6.45, 7) is 4.00. The largest absolute Gasteiger partial charge is 0.313 e. The van der Waals surface area contributed by atoms with Crippen molar-refractivity contribution in [2.24, 2.45) is 0 Å². The van der Waals surface area contributed by atoms with Gasteiger partial charge in [-0.2, -0.15) is 0 Å². The lowest BCUT2D eigenvalue weighted by molar-refractivity contribution is 0.656. The Balaban J connectivity index is 0.000000396. The number of hydrogen-bond donors (Lipinski definition) is 1. The highest BCUT2D eigenvalue weighted by molar-refractivity contribution is 5.18. The molecule has 0 amide bonds. The standard InChI is InChI=1S/C8H10N2O.C2H6/c11-8-6-3-1-2-4-7(6)9-5-10-8;1-2/h5H,1-4H2,(H,9,10,11);1-2H3. The van der Waals surface area contributed by atoms with Gasteiger partial charge in [0.25, 0.3) is 5.56 Å². The van der Waals surface area contributed by atoms with Gasteiger partial charge in [-0.15, -0.1) is 0 Å². The van der Waals surface area contributed by atoms with Crippen LogP contribution in [0.3, 0.4) is 0 Å². The molecule has 72 valence electrons. The van der Waals surface area contributed by atoms with Crippen molar-refractivity contribution < 1.29 is 0 Å². The van der Waals surface area contributed by atoms with Crippen LogP contribution < -0.4 is 5.56 Å². The molecule has 1 aromatic heterocycles. The molecule has 0 bridgehead atoms. The molecule has 3 nitrogen and oxygen atoms in total. The van der Waals surface area contributed by atoms with Gasteiger partial charge in [0.1, 0.15) is 0 Å². The topological polar surface area (TPSA) is 45.8 Å². The van der Waals surface area contributed by atoms with Gasteiger partial charge >= 0.3 is 0 Å². The first-order valence-electron chi connectivity index (χ1n) is 4.93. The Morgan fingerprint density at radius 3 is 2.69 bits per heavy atom. The van der Waals surface area contributed by atoms with Crippen LogP contribution in [0.15, 0.2) is 11.1 Å². The minimum absolute atomic E-state index is 0.0506. The van der Waals surface area contributed by atoms with E-state index >= 15 is 0 Å². The van der Waals surface area contributed by atoms with Crippen LogP contribution in [0.5, 0.6) is 0 Å². The van der Waals surface area contributed by atoms with Gasteiger partial charge in [-0.3, -0.25) is 4.79 Å². The molecule has 0 fully saturated rings. The molecule has 0 aromatic carbocycles. The third-order valence-corrected chi connectivity index (χ3v) is 2.13. The molecule has 1 N–H and O–H groups in total. The second-order valence-electron chi connectivity index (χ2n) is 2.86. The molecule has 0 saturated heterocycles. The van der Waals surface area contributed by atoms with Crippen molar-refractivity contribution in [3.63, 3.8) is 0 Å². The van der Waals surface area contributed by atoms with Gasteiger partial charge in [-0.1, -0.05) is 13.8 Å². The molecular weight excluding hydrogens is 164 g/mol. The highest BCUT2D eigenvalue weighted by Crippen LogP contribution is 2.14. The van der Waals surface area contributed by atoms with E-state index in [9.17, 15) is 4.79 Å². The summed E-state index contributed by atoms with van der Waals surface area (Å²) >= 11 is 0. The molecule has 0 saturated carbocycles. The fraction of sp³-hybridized carbons (Fsp3) is 0.600. The van der Waals surface area contributed by atoms with Crippen molar-refractivity contribution in [2.75, 3.05) is 0 Å². The first-order chi connectivity index (χ1) is 6.38. The Labute approximate surface area is 78.2 Å². The van der Waals surface area contributed by atoms with Crippen LogP contribution in [0.2, 0.25) is 0 Å². The summed E-state index contributed by atoms with van der Waals surface area (Å²) in [6.07, 6.45) is 5.66. The summed E-state index contributed by atoms with van der Waals surface area (Å²) in [5.41, 5.74) is 1.95. The van der Waals surface area contributed by atoms with Crippen LogP contribution in [0.4, 0.5) is 0 Å². The van der Waals surface area contributed by atoms with E-state index in [2.05, 4.69) is 9.97 Å². The maximum atomic E-state index is 11.2. The van der Waals surface area contributed by atoms with Crippen LogP contribution in [0.1, 0.15) is 37.9 Å². The number of hydrogen-bond acceptors (Lipinski definition) is 2. The summed E-state index contributed by atoms with van der Waals surface area (Å²) in [5, 5.41) is 0. The van der Waals surface area contributed by atoms with E-state index in [-0.39, 0.29) is 5.56 Å². The Hall–Kier alpha value is -1.12. The summed E-state index contributed by atoms with van der Waals surface area (Å²) in [6, 6.07) is 0. The van der Waals surface area contributed by atoms with E-state index < -0.39 is 0 Å². The number of nitrogens with zero attached hydrogens (tertiary/aromatic N) is 1. The van der Waals surface area contributed by atoms with Crippen molar-refractivity contribution in [2.45, 2.75) is 39.5 Å². The van der Waals surface area contributed by atoms with Gasteiger partial charge in [0.2, 0.25) is 0 Å². The smallest absolute Gasteiger partial charge is 0.254 e. The first kappa shape index (κ1) is 9.96. The zero-order valence-electron chi connectivity index (χ0n) is 8.26. The van der Waals surface area contributed by atoms with Crippen molar-refractivity contribution in [1.29, 1.82) is 0 Å². The molecule has 0 aliphatic heterocycles. The van der Waals surface area contributed by atoms with Gasteiger partial charge in [-0.05, 0) is 25.7 Å². The SMILES string of the molecule is CC.O=c1[nH]cnc2c1CCCC2. The maximum Gasteiger partial charge on any atom is 0.254 e. The summed E-state index contributed by atoms with van der Waals surface area (Å²) < 4.78 is 0. The first-order valence-corrected chi connectivity index (χ1v) is 4.93. The number of nitrogens with one attached hydrogen (secondary N) is 1.